The van der Waals surface area contributed by atoms with Crippen molar-refractivity contribution in [2.75, 3.05) is 13.2 Å². The fourth-order valence-corrected chi connectivity index (χ4v) is 15.6. The van der Waals surface area contributed by atoms with E-state index >= 15 is 0 Å². The van der Waals surface area contributed by atoms with E-state index in [-0.39, 0.29) is 24.4 Å². The lowest BCUT2D eigenvalue weighted by atomic mass is 9.88. The van der Waals surface area contributed by atoms with E-state index in [0.717, 1.165) is 27.8 Å². The molecule has 0 aliphatic carbocycles. The van der Waals surface area contributed by atoms with Gasteiger partial charge in [0.05, 0.1) is 58.0 Å². The molecule has 10 nitrogen and oxygen atoms in total. The molecule has 0 amide bonds. The summed E-state index contributed by atoms with van der Waals surface area (Å²) in [6, 6.07) is 71.9. The molecule has 0 spiro atoms. The number of hydrogen-bond acceptors (Lipinski definition) is 10. The van der Waals surface area contributed by atoms with Crippen molar-refractivity contribution in [3.05, 3.63) is 252 Å². The van der Waals surface area contributed by atoms with E-state index in [9.17, 15) is 5.11 Å². The van der Waals surface area contributed by atoms with E-state index in [1.54, 1.807) is 6.08 Å². The van der Waals surface area contributed by atoms with Crippen molar-refractivity contribution in [3.8, 4) is 0 Å². The van der Waals surface area contributed by atoms with E-state index in [4.69, 9.17) is 42.3 Å². The van der Waals surface area contributed by atoms with Gasteiger partial charge in [0.25, 0.3) is 8.32 Å². The fraction of sp³-hybridized carbons (Fsp3) is 0.362. The first-order valence-corrected chi connectivity index (χ1v) is 30.2. The van der Waals surface area contributed by atoms with Gasteiger partial charge in [-0.3, -0.25) is 0 Å². The average molecular weight is 1100 g/mol. The largest absolute Gasteiger partial charge is 0.407 e. The molecule has 2 aliphatic rings. The highest BCUT2D eigenvalue weighted by Crippen LogP contribution is 2.39. The fourth-order valence-electron chi connectivity index (χ4n) is 11.0. The van der Waals surface area contributed by atoms with E-state index in [1.807, 2.05) is 147 Å². The van der Waals surface area contributed by atoms with Gasteiger partial charge in [-0.2, -0.15) is 0 Å². The summed E-state index contributed by atoms with van der Waals surface area (Å²) in [6.45, 7) is 12.9. The Morgan fingerprint density at radius 1 is 0.537 bits per heavy atom. The number of ether oxygens (including phenoxy) is 8. The maximum absolute atomic E-state index is 13.0. The van der Waals surface area contributed by atoms with Gasteiger partial charge < -0.3 is 47.4 Å². The molecule has 2 unspecified atom stereocenters. The number of rotatable bonds is 27. The van der Waals surface area contributed by atoms with Crippen LogP contribution in [0.1, 0.15) is 75.3 Å². The zero-order chi connectivity index (χ0) is 55.6. The van der Waals surface area contributed by atoms with Crippen LogP contribution in [-0.4, -0.2) is 87.4 Å². The summed E-state index contributed by atoms with van der Waals surface area (Å²) in [5.74, 6) is -0.773. The standard InChI is InChI=1S/C69H80O10Si/c1-68(2,3)80(58-37-23-11-24-38-58,59-39-25-12-26-40-59)77-44-43-62(72-47-53-29-15-7-16-30-53)61(71-46-52-27-13-6-14-28-52)42-41-60(70)64-66(74-49-55-33-19-9-20-34-55)67(75-50-56-35-21-10-22-36-56)65(73-48-54-31-17-8-18-32-54)63(78-64)45-57-51-76-69(4,5)79-57/h6-42,57,60-67,70H,43-51H2,1-5H3/b42-41+/t57-,60?,61+,62+,63+,64?,65-,66+,67+/m0/s1. The zero-order valence-electron chi connectivity index (χ0n) is 47.0. The number of aliphatic hydroxyl groups excluding tert-OH is 1. The lowest BCUT2D eigenvalue weighted by Gasteiger charge is -2.47. The lowest BCUT2D eigenvalue weighted by Crippen LogP contribution is -2.66. The van der Waals surface area contributed by atoms with Crippen molar-refractivity contribution < 1.29 is 47.4 Å². The molecule has 7 aromatic rings. The Labute approximate surface area is 475 Å². The molecule has 2 saturated heterocycles. The topological polar surface area (TPSA) is 103 Å². The minimum absolute atomic E-state index is 0.234. The van der Waals surface area contributed by atoms with Gasteiger partial charge in [0.2, 0.25) is 0 Å². The predicted molar refractivity (Wildman–Crippen MR) is 317 cm³/mol. The Morgan fingerprint density at radius 3 is 1.39 bits per heavy atom. The van der Waals surface area contributed by atoms with Crippen molar-refractivity contribution in [2.45, 2.75) is 146 Å². The first kappa shape index (κ1) is 58.7. The highest BCUT2D eigenvalue weighted by molar-refractivity contribution is 6.99. The zero-order valence-corrected chi connectivity index (χ0v) is 48.0. The summed E-state index contributed by atoms with van der Waals surface area (Å²) < 4.78 is 62.4. The Balaban J connectivity index is 1.08. The third kappa shape index (κ3) is 16.0. The predicted octanol–water partition coefficient (Wildman–Crippen LogP) is 12.1. The van der Waals surface area contributed by atoms with Gasteiger partial charge in [0.1, 0.15) is 36.6 Å². The van der Waals surface area contributed by atoms with Crippen LogP contribution in [0.3, 0.4) is 0 Å². The highest BCUT2D eigenvalue weighted by Gasteiger charge is 2.52. The Kier molecular flexibility index (Phi) is 21.1. The summed E-state index contributed by atoms with van der Waals surface area (Å²) >= 11 is 0. The van der Waals surface area contributed by atoms with Crippen molar-refractivity contribution in [1.29, 1.82) is 0 Å². The van der Waals surface area contributed by atoms with Crippen LogP contribution in [0, 0.1) is 0 Å². The van der Waals surface area contributed by atoms with Crippen LogP contribution < -0.4 is 10.4 Å². The van der Waals surface area contributed by atoms with Gasteiger partial charge in [-0.25, -0.2) is 0 Å². The molecule has 80 heavy (non-hydrogen) atoms. The van der Waals surface area contributed by atoms with E-state index in [1.165, 1.54) is 10.4 Å². The van der Waals surface area contributed by atoms with Crippen LogP contribution in [-0.2, 0) is 75.4 Å². The smallest absolute Gasteiger partial charge is 0.261 e. The molecule has 0 bridgehead atoms. The second-order valence-electron chi connectivity index (χ2n) is 22.4. The Bertz CT molecular complexity index is 2840. The van der Waals surface area contributed by atoms with Crippen LogP contribution >= 0.6 is 0 Å². The normalized spacial score (nSPS) is 21.5. The molecular weight excluding hydrogens is 1020 g/mol. The summed E-state index contributed by atoms with van der Waals surface area (Å²) in [7, 11) is -2.93. The SMILES string of the molecule is CC1(C)OC[C@H](C[C@H]2OC(C(O)/C=C/[C@@H](OCc3ccccc3)[C@@H](CCO[Si](c3ccccc3)(c3ccccc3)C(C)(C)C)OCc3ccccc3)[C@@H](OCc3ccccc3)[C@H](OCc3ccccc3)[C@H]2OCc2ccccc2)O1. The summed E-state index contributed by atoms with van der Waals surface area (Å²) in [5, 5.41) is 15.2. The Morgan fingerprint density at radius 2 is 0.950 bits per heavy atom. The molecule has 420 valence electrons. The molecule has 7 aromatic carbocycles. The van der Waals surface area contributed by atoms with Crippen molar-refractivity contribution in [2.24, 2.45) is 0 Å². The summed E-state index contributed by atoms with van der Waals surface area (Å²) in [6.07, 6.45) is -1.82. The van der Waals surface area contributed by atoms with Crippen molar-refractivity contribution >= 4 is 18.7 Å². The third-order valence-corrected chi connectivity index (χ3v) is 20.1. The van der Waals surface area contributed by atoms with Crippen LogP contribution in [0.5, 0.6) is 0 Å². The number of benzene rings is 7. The van der Waals surface area contributed by atoms with E-state index in [0.29, 0.717) is 45.9 Å². The monoisotopic (exact) mass is 1100 g/mol. The van der Waals surface area contributed by atoms with Crippen molar-refractivity contribution in [3.63, 3.8) is 0 Å². The van der Waals surface area contributed by atoms with Gasteiger partial charge >= 0.3 is 0 Å². The molecule has 0 saturated carbocycles. The first-order chi connectivity index (χ1) is 38.9. The second-order valence-corrected chi connectivity index (χ2v) is 26.7. The minimum atomic E-state index is -2.93. The molecule has 0 aromatic heterocycles. The van der Waals surface area contributed by atoms with E-state index < -0.39 is 62.9 Å². The second kappa shape index (κ2) is 28.7. The van der Waals surface area contributed by atoms with E-state index in [2.05, 4.69) is 106 Å². The maximum Gasteiger partial charge on any atom is 0.261 e. The maximum atomic E-state index is 13.0. The Hall–Kier alpha value is -5.90. The molecule has 0 radical (unpaired) electrons. The van der Waals surface area contributed by atoms with Gasteiger partial charge in [-0.1, -0.05) is 245 Å². The minimum Gasteiger partial charge on any atom is -0.407 e. The molecule has 2 aliphatic heterocycles. The molecule has 11 heteroatoms. The van der Waals surface area contributed by atoms with Crippen molar-refractivity contribution in [1.82, 2.24) is 0 Å². The lowest BCUT2D eigenvalue weighted by molar-refractivity contribution is -0.280. The number of hydrogen-bond donors (Lipinski definition) is 1. The molecule has 9 rings (SSSR count). The quantitative estimate of drug-likeness (QED) is 0.0396. The summed E-state index contributed by atoms with van der Waals surface area (Å²) in [5.41, 5.74) is 5.00. The van der Waals surface area contributed by atoms with Crippen LogP contribution in [0.25, 0.3) is 0 Å². The van der Waals surface area contributed by atoms with Gasteiger partial charge in [-0.15, -0.1) is 0 Å². The molecule has 9 atom stereocenters. The third-order valence-electron chi connectivity index (χ3n) is 15.0. The highest BCUT2D eigenvalue weighted by atomic mass is 28.4. The molecule has 2 heterocycles. The molecule has 1 N–H and O–H groups in total. The van der Waals surface area contributed by atoms with Gasteiger partial charge in [-0.05, 0) is 63.5 Å². The van der Waals surface area contributed by atoms with Crippen LogP contribution in [0.4, 0.5) is 0 Å². The average Bonchev–Trinajstić information content (AvgIpc) is 3.85. The first-order valence-electron chi connectivity index (χ1n) is 28.3. The molecular formula is C69H80O10Si. The molecule has 2 fully saturated rings. The van der Waals surface area contributed by atoms with Gasteiger partial charge in [0.15, 0.2) is 5.79 Å². The number of aliphatic hydroxyl groups is 1. The summed E-state index contributed by atoms with van der Waals surface area (Å²) in [4.78, 5) is 0. The van der Waals surface area contributed by atoms with Crippen LogP contribution in [0.2, 0.25) is 5.04 Å². The van der Waals surface area contributed by atoms with Gasteiger partial charge in [0, 0.05) is 13.0 Å². The van der Waals surface area contributed by atoms with Crippen LogP contribution in [0.15, 0.2) is 224 Å².